The molecule has 6 nitrogen and oxygen atoms in total. The number of fused-ring (bicyclic) bond motifs is 1. The smallest absolute Gasteiger partial charge is 0.261 e. The first-order valence-corrected chi connectivity index (χ1v) is 8.57. The SMILES string of the molecule is COc1cccc(O[C@@H](C)C(=O)N[C@H](C)c2ccc3c(c2)OCCO3)c1. The van der Waals surface area contributed by atoms with E-state index in [1.54, 1.807) is 26.2 Å². The highest BCUT2D eigenvalue weighted by Crippen LogP contribution is 2.32. The van der Waals surface area contributed by atoms with Gasteiger partial charge in [0.05, 0.1) is 13.2 Å². The Morgan fingerprint density at radius 1 is 1.04 bits per heavy atom. The number of rotatable bonds is 6. The van der Waals surface area contributed by atoms with Crippen LogP contribution in [0.5, 0.6) is 23.0 Å². The Hall–Kier alpha value is -2.89. The molecule has 1 aliphatic heterocycles. The van der Waals surface area contributed by atoms with Gasteiger partial charge < -0.3 is 24.3 Å². The third kappa shape index (κ3) is 4.20. The van der Waals surface area contributed by atoms with Gasteiger partial charge in [-0.1, -0.05) is 12.1 Å². The highest BCUT2D eigenvalue weighted by molar-refractivity contribution is 5.81. The van der Waals surface area contributed by atoms with Crippen molar-refractivity contribution in [2.75, 3.05) is 20.3 Å². The van der Waals surface area contributed by atoms with Crippen molar-refractivity contribution in [3.05, 3.63) is 48.0 Å². The summed E-state index contributed by atoms with van der Waals surface area (Å²) in [6.07, 6.45) is -0.637. The highest BCUT2D eigenvalue weighted by atomic mass is 16.6. The van der Waals surface area contributed by atoms with Crippen LogP contribution in [0.3, 0.4) is 0 Å². The fourth-order valence-corrected chi connectivity index (χ4v) is 2.68. The van der Waals surface area contributed by atoms with Gasteiger partial charge in [0.15, 0.2) is 17.6 Å². The minimum atomic E-state index is -0.637. The summed E-state index contributed by atoms with van der Waals surface area (Å²) in [6.45, 7) is 4.72. The second-order valence-electron chi connectivity index (χ2n) is 6.07. The number of methoxy groups -OCH3 is 1. The van der Waals surface area contributed by atoms with Gasteiger partial charge in [0.25, 0.3) is 5.91 Å². The van der Waals surface area contributed by atoms with Crippen LogP contribution in [0.25, 0.3) is 0 Å². The number of hydrogen-bond acceptors (Lipinski definition) is 5. The molecule has 0 saturated carbocycles. The summed E-state index contributed by atoms with van der Waals surface area (Å²) in [7, 11) is 1.59. The van der Waals surface area contributed by atoms with Crippen molar-refractivity contribution in [1.82, 2.24) is 5.32 Å². The number of carbonyl (C=O) groups excluding carboxylic acids is 1. The maximum absolute atomic E-state index is 12.5. The average molecular weight is 357 g/mol. The van der Waals surface area contributed by atoms with E-state index in [4.69, 9.17) is 18.9 Å². The van der Waals surface area contributed by atoms with E-state index in [0.29, 0.717) is 30.5 Å². The molecule has 2 atom stereocenters. The summed E-state index contributed by atoms with van der Waals surface area (Å²) < 4.78 is 22.0. The molecule has 1 aliphatic rings. The van der Waals surface area contributed by atoms with Gasteiger partial charge in [-0.2, -0.15) is 0 Å². The van der Waals surface area contributed by atoms with Crippen molar-refractivity contribution in [1.29, 1.82) is 0 Å². The first-order chi connectivity index (χ1) is 12.6. The summed E-state index contributed by atoms with van der Waals surface area (Å²) in [5.74, 6) is 2.50. The minimum Gasteiger partial charge on any atom is -0.497 e. The Labute approximate surface area is 153 Å². The largest absolute Gasteiger partial charge is 0.497 e. The quantitative estimate of drug-likeness (QED) is 0.860. The van der Waals surface area contributed by atoms with E-state index in [-0.39, 0.29) is 11.9 Å². The van der Waals surface area contributed by atoms with Crippen molar-refractivity contribution in [2.45, 2.75) is 26.0 Å². The van der Waals surface area contributed by atoms with Gasteiger partial charge >= 0.3 is 0 Å². The van der Waals surface area contributed by atoms with Crippen LogP contribution in [-0.4, -0.2) is 32.3 Å². The second kappa shape index (κ2) is 7.99. The first kappa shape index (κ1) is 17.9. The van der Waals surface area contributed by atoms with E-state index in [2.05, 4.69) is 5.32 Å². The zero-order chi connectivity index (χ0) is 18.5. The van der Waals surface area contributed by atoms with Gasteiger partial charge in [-0.05, 0) is 43.7 Å². The Balaban J connectivity index is 1.61. The predicted octanol–water partition coefficient (Wildman–Crippen LogP) is 3.11. The van der Waals surface area contributed by atoms with Crippen LogP contribution in [0.15, 0.2) is 42.5 Å². The summed E-state index contributed by atoms with van der Waals surface area (Å²) >= 11 is 0. The van der Waals surface area contributed by atoms with Crippen molar-refractivity contribution >= 4 is 5.91 Å². The van der Waals surface area contributed by atoms with E-state index in [1.807, 2.05) is 37.3 Å². The predicted molar refractivity (Wildman–Crippen MR) is 97.1 cm³/mol. The number of ether oxygens (including phenoxy) is 4. The summed E-state index contributed by atoms with van der Waals surface area (Å²) in [5.41, 5.74) is 0.941. The van der Waals surface area contributed by atoms with Crippen molar-refractivity contribution in [2.24, 2.45) is 0 Å². The molecule has 1 amide bonds. The summed E-state index contributed by atoms with van der Waals surface area (Å²) in [6, 6.07) is 12.7. The normalized spacial score (nSPS) is 14.9. The minimum absolute atomic E-state index is 0.185. The van der Waals surface area contributed by atoms with Crippen LogP contribution in [0.2, 0.25) is 0 Å². The monoisotopic (exact) mass is 357 g/mol. The third-order valence-electron chi connectivity index (χ3n) is 4.15. The second-order valence-corrected chi connectivity index (χ2v) is 6.07. The molecule has 1 heterocycles. The van der Waals surface area contributed by atoms with Crippen LogP contribution in [0, 0.1) is 0 Å². The van der Waals surface area contributed by atoms with E-state index in [1.165, 1.54) is 0 Å². The summed E-state index contributed by atoms with van der Waals surface area (Å²) in [5, 5.41) is 2.96. The molecule has 0 bridgehead atoms. The zero-order valence-corrected chi connectivity index (χ0v) is 15.2. The Bertz CT molecular complexity index is 777. The Kier molecular flexibility index (Phi) is 5.51. The van der Waals surface area contributed by atoms with Crippen LogP contribution in [0.4, 0.5) is 0 Å². The molecule has 138 valence electrons. The Morgan fingerprint density at radius 3 is 2.54 bits per heavy atom. The number of carbonyl (C=O) groups is 1. The zero-order valence-electron chi connectivity index (χ0n) is 15.2. The first-order valence-electron chi connectivity index (χ1n) is 8.57. The van der Waals surface area contributed by atoms with Gasteiger partial charge in [0.2, 0.25) is 0 Å². The molecule has 0 radical (unpaired) electrons. The molecular formula is C20H23NO5. The van der Waals surface area contributed by atoms with Crippen LogP contribution >= 0.6 is 0 Å². The fraction of sp³-hybridized carbons (Fsp3) is 0.350. The molecule has 0 fully saturated rings. The van der Waals surface area contributed by atoms with Crippen LogP contribution < -0.4 is 24.3 Å². The molecule has 0 aromatic heterocycles. The lowest BCUT2D eigenvalue weighted by molar-refractivity contribution is -0.127. The highest BCUT2D eigenvalue weighted by Gasteiger charge is 2.20. The third-order valence-corrected chi connectivity index (χ3v) is 4.15. The molecule has 0 saturated heterocycles. The molecule has 3 rings (SSSR count). The van der Waals surface area contributed by atoms with Gasteiger partial charge in [0.1, 0.15) is 24.7 Å². The molecule has 1 N–H and O–H groups in total. The molecule has 0 aliphatic carbocycles. The maximum atomic E-state index is 12.5. The van der Waals surface area contributed by atoms with Crippen molar-refractivity contribution in [3.63, 3.8) is 0 Å². The van der Waals surface area contributed by atoms with Gasteiger partial charge in [-0.25, -0.2) is 0 Å². The topological polar surface area (TPSA) is 66.0 Å². The van der Waals surface area contributed by atoms with Crippen molar-refractivity contribution < 1.29 is 23.7 Å². The fourth-order valence-electron chi connectivity index (χ4n) is 2.68. The molecule has 0 unspecified atom stereocenters. The lowest BCUT2D eigenvalue weighted by atomic mass is 10.1. The lowest BCUT2D eigenvalue weighted by Gasteiger charge is -2.22. The van der Waals surface area contributed by atoms with E-state index < -0.39 is 6.10 Å². The number of hydrogen-bond donors (Lipinski definition) is 1. The Morgan fingerprint density at radius 2 is 1.77 bits per heavy atom. The van der Waals surface area contributed by atoms with Crippen LogP contribution in [0.1, 0.15) is 25.5 Å². The van der Waals surface area contributed by atoms with E-state index in [0.717, 1.165) is 11.3 Å². The molecule has 0 spiro atoms. The number of benzene rings is 2. The van der Waals surface area contributed by atoms with E-state index in [9.17, 15) is 4.79 Å². The maximum Gasteiger partial charge on any atom is 0.261 e. The molecule has 2 aromatic rings. The lowest BCUT2D eigenvalue weighted by Crippen LogP contribution is -2.37. The van der Waals surface area contributed by atoms with E-state index >= 15 is 0 Å². The molecular weight excluding hydrogens is 334 g/mol. The standard InChI is InChI=1S/C20H23NO5/c1-13(15-7-8-18-19(11-15)25-10-9-24-18)21-20(22)14(2)26-17-6-4-5-16(12-17)23-3/h4-8,11-14H,9-10H2,1-3H3,(H,21,22)/t13-,14+/m1/s1. The average Bonchev–Trinajstić information content (AvgIpc) is 2.67. The van der Waals surface area contributed by atoms with Gasteiger partial charge in [-0.15, -0.1) is 0 Å². The van der Waals surface area contributed by atoms with Crippen LogP contribution in [-0.2, 0) is 4.79 Å². The molecule has 6 heteroatoms. The van der Waals surface area contributed by atoms with Gasteiger partial charge in [-0.3, -0.25) is 4.79 Å². The molecule has 26 heavy (non-hydrogen) atoms. The number of nitrogens with one attached hydrogen (secondary N) is 1. The summed E-state index contributed by atoms with van der Waals surface area (Å²) in [4.78, 5) is 12.5. The molecule has 2 aromatic carbocycles. The number of amides is 1. The van der Waals surface area contributed by atoms with Crippen molar-refractivity contribution in [3.8, 4) is 23.0 Å². The van der Waals surface area contributed by atoms with Gasteiger partial charge in [0, 0.05) is 6.07 Å².